The van der Waals surface area contributed by atoms with E-state index in [1.165, 1.54) is 4.57 Å². The first-order chi connectivity index (χ1) is 16.4. The van der Waals surface area contributed by atoms with Crippen LogP contribution in [0.4, 0.5) is 0 Å². The van der Waals surface area contributed by atoms with Crippen molar-refractivity contribution in [2.75, 3.05) is 26.8 Å². The Labute approximate surface area is 202 Å². The molecule has 1 fully saturated rings. The van der Waals surface area contributed by atoms with Crippen molar-refractivity contribution in [2.45, 2.75) is 26.3 Å². The van der Waals surface area contributed by atoms with Crippen molar-refractivity contribution < 1.29 is 19.1 Å². The van der Waals surface area contributed by atoms with Gasteiger partial charge in [0, 0.05) is 24.2 Å². The topological polar surface area (TPSA) is 93.6 Å². The highest BCUT2D eigenvalue weighted by Gasteiger charge is 2.30. The van der Waals surface area contributed by atoms with Crippen LogP contribution in [0.3, 0.4) is 0 Å². The highest BCUT2D eigenvalue weighted by molar-refractivity contribution is 7.71. The monoisotopic (exact) mass is 481 g/mol. The number of likely N-dealkylation sites (tertiary alicyclic amines) is 1. The normalized spacial score (nSPS) is 15.8. The Bertz CT molecular complexity index is 1350. The molecule has 0 spiro atoms. The van der Waals surface area contributed by atoms with Crippen molar-refractivity contribution in [3.8, 4) is 5.75 Å². The number of fused-ring (bicyclic) bond motifs is 1. The summed E-state index contributed by atoms with van der Waals surface area (Å²) in [5, 5.41) is 0.433. The van der Waals surface area contributed by atoms with Gasteiger partial charge in [-0.1, -0.05) is 18.2 Å². The highest BCUT2D eigenvalue weighted by atomic mass is 32.1. The summed E-state index contributed by atoms with van der Waals surface area (Å²) in [5.41, 5.74) is 1.52. The van der Waals surface area contributed by atoms with Gasteiger partial charge in [-0.15, -0.1) is 0 Å². The predicted molar refractivity (Wildman–Crippen MR) is 131 cm³/mol. The van der Waals surface area contributed by atoms with Gasteiger partial charge in [-0.05, 0) is 56.2 Å². The number of esters is 1. The number of nitrogens with zero attached hydrogens (tertiary/aromatic N) is 2. The van der Waals surface area contributed by atoms with Crippen molar-refractivity contribution in [1.29, 1.82) is 0 Å². The quantitative estimate of drug-likeness (QED) is 0.428. The average molecular weight is 482 g/mol. The lowest BCUT2D eigenvalue weighted by atomic mass is 9.97. The molecule has 0 saturated carbocycles. The lowest BCUT2D eigenvalue weighted by molar-refractivity contribution is -0.149. The molecule has 1 aliphatic rings. The van der Waals surface area contributed by atoms with Crippen molar-refractivity contribution in [3.63, 3.8) is 0 Å². The Balaban J connectivity index is 1.62. The molecule has 0 aliphatic carbocycles. The minimum atomic E-state index is -0.314. The highest BCUT2D eigenvalue weighted by Crippen LogP contribution is 2.22. The van der Waals surface area contributed by atoms with Gasteiger partial charge in [0.05, 0.1) is 37.1 Å². The van der Waals surface area contributed by atoms with E-state index in [-0.39, 0.29) is 34.7 Å². The van der Waals surface area contributed by atoms with E-state index >= 15 is 0 Å². The molecule has 4 rings (SSSR count). The molecule has 0 bridgehead atoms. The van der Waals surface area contributed by atoms with E-state index in [0.717, 1.165) is 12.0 Å². The number of aromatic amines is 1. The summed E-state index contributed by atoms with van der Waals surface area (Å²) in [6, 6.07) is 12.4. The van der Waals surface area contributed by atoms with Gasteiger partial charge in [0.2, 0.25) is 0 Å². The fraction of sp³-hybridized carbons (Fsp3) is 0.360. The van der Waals surface area contributed by atoms with E-state index in [2.05, 4.69) is 4.98 Å². The number of methoxy groups -OCH3 is 1. The molecule has 8 nitrogen and oxygen atoms in total. The maximum absolute atomic E-state index is 13.2. The molecule has 2 aromatic carbocycles. The Kier molecular flexibility index (Phi) is 7.12. The van der Waals surface area contributed by atoms with Crippen molar-refractivity contribution in [2.24, 2.45) is 5.92 Å². The Morgan fingerprint density at radius 1 is 1.21 bits per heavy atom. The molecular formula is C25H27N3O5S. The fourth-order valence-corrected chi connectivity index (χ4v) is 4.59. The molecule has 1 amide bonds. The fourth-order valence-electron chi connectivity index (χ4n) is 4.33. The summed E-state index contributed by atoms with van der Waals surface area (Å²) >= 11 is 5.47. The third-order valence-electron chi connectivity index (χ3n) is 6.08. The first-order valence-electron chi connectivity index (χ1n) is 11.3. The summed E-state index contributed by atoms with van der Waals surface area (Å²) in [4.78, 5) is 43.3. The molecule has 2 heterocycles. The van der Waals surface area contributed by atoms with E-state index in [4.69, 9.17) is 21.7 Å². The van der Waals surface area contributed by atoms with Gasteiger partial charge in [0.1, 0.15) is 5.75 Å². The largest absolute Gasteiger partial charge is 0.496 e. The predicted octanol–water partition coefficient (Wildman–Crippen LogP) is 3.53. The molecule has 9 heteroatoms. The van der Waals surface area contributed by atoms with Crippen LogP contribution in [0, 0.1) is 10.7 Å². The third-order valence-corrected chi connectivity index (χ3v) is 6.40. The van der Waals surface area contributed by atoms with Crippen LogP contribution in [0.25, 0.3) is 10.9 Å². The molecule has 1 atom stereocenters. The number of hydrogen-bond donors (Lipinski definition) is 1. The standard InChI is InChI=1S/C25H27N3O5S/c1-3-33-24(31)18-8-6-12-27(14-18)22(29)16-10-11-19-20(13-16)26-25(34)28(23(19)30)15-17-7-4-5-9-21(17)32-2/h4-5,7,9-11,13,18H,3,6,8,12,14-15H2,1-2H3,(H,26,34)/t18-/m1/s1. The van der Waals surface area contributed by atoms with Crippen LogP contribution in [-0.4, -0.2) is 53.1 Å². The summed E-state index contributed by atoms with van der Waals surface area (Å²) in [7, 11) is 1.58. The van der Waals surface area contributed by atoms with Crippen LogP contribution in [0.5, 0.6) is 5.75 Å². The number of piperidine rings is 1. The number of benzene rings is 2. The molecule has 34 heavy (non-hydrogen) atoms. The van der Waals surface area contributed by atoms with E-state index in [0.29, 0.717) is 48.3 Å². The number of amides is 1. The zero-order valence-electron chi connectivity index (χ0n) is 19.2. The van der Waals surface area contributed by atoms with E-state index in [1.807, 2.05) is 24.3 Å². The number of carbonyl (C=O) groups excluding carboxylic acids is 2. The lowest BCUT2D eigenvalue weighted by Crippen LogP contribution is -2.42. The molecule has 0 radical (unpaired) electrons. The maximum Gasteiger partial charge on any atom is 0.310 e. The zero-order chi connectivity index (χ0) is 24.2. The first kappa shape index (κ1) is 23.7. The third kappa shape index (κ3) is 4.75. The number of para-hydroxylation sites is 1. The molecule has 178 valence electrons. The first-order valence-corrected chi connectivity index (χ1v) is 11.7. The number of H-pyrrole nitrogens is 1. The summed E-state index contributed by atoms with van der Waals surface area (Å²) in [6.07, 6.45) is 1.44. The Hall–Kier alpha value is -3.46. The lowest BCUT2D eigenvalue weighted by Gasteiger charge is -2.31. The Morgan fingerprint density at radius 2 is 2.00 bits per heavy atom. The van der Waals surface area contributed by atoms with Gasteiger partial charge >= 0.3 is 5.97 Å². The van der Waals surface area contributed by atoms with Crippen molar-refractivity contribution in [3.05, 3.63) is 68.7 Å². The number of rotatable bonds is 6. The number of aromatic nitrogens is 2. The molecular weight excluding hydrogens is 454 g/mol. The van der Waals surface area contributed by atoms with Gasteiger partial charge < -0.3 is 19.4 Å². The van der Waals surface area contributed by atoms with Gasteiger partial charge in [-0.2, -0.15) is 0 Å². The van der Waals surface area contributed by atoms with Crippen LogP contribution < -0.4 is 10.3 Å². The Morgan fingerprint density at radius 3 is 2.76 bits per heavy atom. The second-order valence-electron chi connectivity index (χ2n) is 8.24. The van der Waals surface area contributed by atoms with E-state index in [1.54, 1.807) is 37.1 Å². The van der Waals surface area contributed by atoms with Gasteiger partial charge in [-0.25, -0.2) is 0 Å². The molecule has 0 unspecified atom stereocenters. The van der Waals surface area contributed by atoms with E-state index < -0.39 is 0 Å². The number of carbonyl (C=O) groups is 2. The smallest absolute Gasteiger partial charge is 0.310 e. The molecule has 3 aromatic rings. The second-order valence-corrected chi connectivity index (χ2v) is 8.62. The summed E-state index contributed by atoms with van der Waals surface area (Å²) in [5.74, 6) is -0.0924. The number of nitrogens with one attached hydrogen (secondary N) is 1. The summed E-state index contributed by atoms with van der Waals surface area (Å²) < 4.78 is 12.3. The maximum atomic E-state index is 13.2. The number of hydrogen-bond acceptors (Lipinski definition) is 6. The summed E-state index contributed by atoms with van der Waals surface area (Å²) in [6.45, 7) is 3.25. The van der Waals surface area contributed by atoms with Crippen LogP contribution in [0.1, 0.15) is 35.7 Å². The molecule has 1 saturated heterocycles. The van der Waals surface area contributed by atoms with Crippen molar-refractivity contribution >= 4 is 35.0 Å². The van der Waals surface area contributed by atoms with E-state index in [9.17, 15) is 14.4 Å². The van der Waals surface area contributed by atoms with Crippen LogP contribution >= 0.6 is 12.2 Å². The van der Waals surface area contributed by atoms with Crippen molar-refractivity contribution in [1.82, 2.24) is 14.5 Å². The minimum absolute atomic E-state index is 0.187. The second kappa shape index (κ2) is 10.2. The van der Waals surface area contributed by atoms with Gasteiger partial charge in [-0.3, -0.25) is 19.0 Å². The van der Waals surface area contributed by atoms with Crippen LogP contribution in [-0.2, 0) is 16.1 Å². The van der Waals surface area contributed by atoms with Crippen LogP contribution in [0.15, 0.2) is 47.3 Å². The molecule has 1 N–H and O–H groups in total. The van der Waals surface area contributed by atoms with Crippen LogP contribution in [0.2, 0.25) is 0 Å². The molecule has 1 aliphatic heterocycles. The molecule has 1 aromatic heterocycles. The average Bonchev–Trinajstić information content (AvgIpc) is 2.86. The minimum Gasteiger partial charge on any atom is -0.496 e. The van der Waals surface area contributed by atoms with Gasteiger partial charge in [0.15, 0.2) is 4.77 Å². The van der Waals surface area contributed by atoms with Gasteiger partial charge in [0.25, 0.3) is 11.5 Å². The number of ether oxygens (including phenoxy) is 2. The zero-order valence-corrected chi connectivity index (χ0v) is 20.0. The SMILES string of the molecule is CCOC(=O)[C@@H]1CCCN(C(=O)c2ccc3c(=O)n(Cc4ccccc4OC)c(=S)[nH]c3c2)C1.